The molecule has 1 N–H and O–H groups in total. The van der Waals surface area contributed by atoms with E-state index in [1.54, 1.807) is 0 Å². The SMILES string of the molecule is CCc1ccc(Nc2c(C=O)oc3ccc(C)cc23)o1. The van der Waals surface area contributed by atoms with E-state index in [0.29, 0.717) is 23.4 Å². The molecule has 0 atom stereocenters. The van der Waals surface area contributed by atoms with E-state index in [1.165, 1.54) is 0 Å². The molecule has 0 spiro atoms. The molecule has 0 aliphatic rings. The molecule has 1 aromatic carbocycles. The van der Waals surface area contributed by atoms with Crippen molar-refractivity contribution in [2.45, 2.75) is 20.3 Å². The van der Waals surface area contributed by atoms with Gasteiger partial charge in [0.1, 0.15) is 11.3 Å². The molecule has 2 heterocycles. The fraction of sp³-hybridized carbons (Fsp3) is 0.188. The predicted octanol–water partition coefficient (Wildman–Crippen LogP) is 4.45. The van der Waals surface area contributed by atoms with Crippen LogP contribution in [0.3, 0.4) is 0 Å². The zero-order valence-electron chi connectivity index (χ0n) is 11.4. The van der Waals surface area contributed by atoms with Crippen LogP contribution in [-0.4, -0.2) is 6.29 Å². The van der Waals surface area contributed by atoms with Gasteiger partial charge in [0.05, 0.1) is 5.69 Å². The van der Waals surface area contributed by atoms with Crippen molar-refractivity contribution in [3.05, 3.63) is 47.4 Å². The Balaban J connectivity index is 2.08. The standard InChI is InChI=1S/C16H15NO3/c1-3-11-5-7-15(19-11)17-16-12-8-10(2)4-6-13(12)20-14(16)9-18/h4-9,17H,3H2,1-2H3. The van der Waals surface area contributed by atoms with E-state index >= 15 is 0 Å². The fourth-order valence-electron chi connectivity index (χ4n) is 2.20. The Morgan fingerprint density at radius 2 is 2.05 bits per heavy atom. The van der Waals surface area contributed by atoms with Crippen molar-refractivity contribution in [1.82, 2.24) is 0 Å². The number of hydrogen-bond donors (Lipinski definition) is 1. The summed E-state index contributed by atoms with van der Waals surface area (Å²) in [6.45, 7) is 4.02. The van der Waals surface area contributed by atoms with E-state index in [-0.39, 0.29) is 5.76 Å². The smallest absolute Gasteiger partial charge is 0.197 e. The van der Waals surface area contributed by atoms with E-state index in [9.17, 15) is 4.79 Å². The molecule has 0 saturated carbocycles. The van der Waals surface area contributed by atoms with E-state index in [0.717, 1.165) is 23.1 Å². The Morgan fingerprint density at radius 3 is 2.75 bits per heavy atom. The summed E-state index contributed by atoms with van der Waals surface area (Å²) in [5.41, 5.74) is 2.44. The maximum atomic E-state index is 11.2. The average Bonchev–Trinajstić information content (AvgIpc) is 3.04. The first kappa shape index (κ1) is 12.5. The van der Waals surface area contributed by atoms with Gasteiger partial charge in [-0.2, -0.15) is 0 Å². The van der Waals surface area contributed by atoms with Crippen molar-refractivity contribution in [2.24, 2.45) is 0 Å². The van der Waals surface area contributed by atoms with Crippen LogP contribution >= 0.6 is 0 Å². The Labute approximate surface area is 116 Å². The molecule has 0 unspecified atom stereocenters. The second-order valence-electron chi connectivity index (χ2n) is 4.70. The highest BCUT2D eigenvalue weighted by Crippen LogP contribution is 2.33. The first-order valence-electron chi connectivity index (χ1n) is 6.55. The van der Waals surface area contributed by atoms with Gasteiger partial charge in [-0.15, -0.1) is 0 Å². The van der Waals surface area contributed by atoms with Gasteiger partial charge in [-0.3, -0.25) is 4.79 Å². The largest absolute Gasteiger partial charge is 0.451 e. The number of hydrogen-bond acceptors (Lipinski definition) is 4. The van der Waals surface area contributed by atoms with Gasteiger partial charge in [-0.05, 0) is 25.1 Å². The summed E-state index contributed by atoms with van der Waals surface area (Å²) in [4.78, 5) is 11.2. The number of aryl methyl sites for hydroxylation is 2. The van der Waals surface area contributed by atoms with Crippen molar-refractivity contribution >= 4 is 28.8 Å². The highest BCUT2D eigenvalue weighted by molar-refractivity contribution is 6.01. The van der Waals surface area contributed by atoms with Crippen LogP contribution in [0.15, 0.2) is 39.2 Å². The number of rotatable bonds is 4. The zero-order valence-corrected chi connectivity index (χ0v) is 11.4. The van der Waals surface area contributed by atoms with Crippen molar-refractivity contribution in [1.29, 1.82) is 0 Å². The van der Waals surface area contributed by atoms with Crippen molar-refractivity contribution < 1.29 is 13.6 Å². The van der Waals surface area contributed by atoms with Crippen molar-refractivity contribution in [2.75, 3.05) is 5.32 Å². The lowest BCUT2D eigenvalue weighted by molar-refractivity contribution is 0.110. The second-order valence-corrected chi connectivity index (χ2v) is 4.70. The maximum absolute atomic E-state index is 11.2. The highest BCUT2D eigenvalue weighted by atomic mass is 16.4. The molecule has 0 amide bonds. The van der Waals surface area contributed by atoms with Gasteiger partial charge in [-0.1, -0.05) is 18.6 Å². The van der Waals surface area contributed by atoms with Crippen molar-refractivity contribution in [3.63, 3.8) is 0 Å². The summed E-state index contributed by atoms with van der Waals surface area (Å²) in [6, 6.07) is 9.56. The third-order valence-electron chi connectivity index (χ3n) is 3.24. The van der Waals surface area contributed by atoms with Crippen LogP contribution in [0, 0.1) is 6.92 Å². The maximum Gasteiger partial charge on any atom is 0.197 e. The second kappa shape index (κ2) is 4.89. The molecule has 3 aromatic rings. The molecule has 20 heavy (non-hydrogen) atoms. The molecule has 3 rings (SSSR count). The predicted molar refractivity (Wildman–Crippen MR) is 77.7 cm³/mol. The van der Waals surface area contributed by atoms with E-state index in [4.69, 9.17) is 8.83 Å². The number of nitrogens with one attached hydrogen (secondary N) is 1. The molecular weight excluding hydrogens is 254 g/mol. The van der Waals surface area contributed by atoms with E-state index in [2.05, 4.69) is 5.32 Å². The van der Waals surface area contributed by atoms with Gasteiger partial charge < -0.3 is 14.2 Å². The van der Waals surface area contributed by atoms with Crippen molar-refractivity contribution in [3.8, 4) is 0 Å². The molecule has 0 bridgehead atoms. The minimum absolute atomic E-state index is 0.278. The molecular formula is C16H15NO3. The Hall–Kier alpha value is -2.49. The number of benzene rings is 1. The summed E-state index contributed by atoms with van der Waals surface area (Å²) in [5.74, 6) is 1.78. The molecule has 0 aliphatic heterocycles. The van der Waals surface area contributed by atoms with Crippen LogP contribution < -0.4 is 5.32 Å². The van der Waals surface area contributed by atoms with Gasteiger partial charge in [0.2, 0.25) is 0 Å². The monoisotopic (exact) mass is 269 g/mol. The molecule has 102 valence electrons. The Bertz CT molecular complexity index is 767. The summed E-state index contributed by atoms with van der Waals surface area (Å²) in [6.07, 6.45) is 1.54. The molecule has 0 radical (unpaired) electrons. The molecule has 0 aliphatic carbocycles. The van der Waals surface area contributed by atoms with E-state index in [1.807, 2.05) is 44.2 Å². The molecule has 4 nitrogen and oxygen atoms in total. The average molecular weight is 269 g/mol. The zero-order chi connectivity index (χ0) is 14.1. The number of furan rings is 2. The van der Waals surface area contributed by atoms with Crippen LogP contribution in [-0.2, 0) is 6.42 Å². The number of aldehydes is 1. The first-order chi connectivity index (χ1) is 9.71. The minimum atomic E-state index is 0.278. The Kier molecular flexibility index (Phi) is 3.06. The summed E-state index contributed by atoms with van der Waals surface area (Å²) < 4.78 is 11.2. The van der Waals surface area contributed by atoms with Crippen LogP contribution in [0.4, 0.5) is 11.6 Å². The Morgan fingerprint density at radius 1 is 1.20 bits per heavy atom. The van der Waals surface area contributed by atoms with Gasteiger partial charge in [0.15, 0.2) is 17.9 Å². The summed E-state index contributed by atoms with van der Waals surface area (Å²) >= 11 is 0. The number of fused-ring (bicyclic) bond motifs is 1. The molecule has 4 heteroatoms. The lowest BCUT2D eigenvalue weighted by atomic mass is 10.1. The third-order valence-corrected chi connectivity index (χ3v) is 3.24. The lowest BCUT2D eigenvalue weighted by Crippen LogP contribution is -1.91. The van der Waals surface area contributed by atoms with Gasteiger partial charge in [-0.25, -0.2) is 0 Å². The van der Waals surface area contributed by atoms with Gasteiger partial charge >= 0.3 is 0 Å². The molecule has 0 fully saturated rings. The molecule has 0 saturated heterocycles. The summed E-state index contributed by atoms with van der Waals surface area (Å²) in [7, 11) is 0. The number of carbonyl (C=O) groups excluding carboxylic acids is 1. The highest BCUT2D eigenvalue weighted by Gasteiger charge is 2.15. The first-order valence-corrected chi connectivity index (χ1v) is 6.55. The van der Waals surface area contributed by atoms with Crippen LogP contribution in [0.25, 0.3) is 11.0 Å². The van der Waals surface area contributed by atoms with Crippen LogP contribution in [0.1, 0.15) is 28.8 Å². The van der Waals surface area contributed by atoms with Crippen LogP contribution in [0.2, 0.25) is 0 Å². The summed E-state index contributed by atoms with van der Waals surface area (Å²) in [5, 5.41) is 4.01. The molecule has 2 aromatic heterocycles. The fourth-order valence-corrected chi connectivity index (χ4v) is 2.20. The number of anilines is 2. The van der Waals surface area contributed by atoms with Crippen LogP contribution in [0.5, 0.6) is 0 Å². The normalized spacial score (nSPS) is 10.9. The minimum Gasteiger partial charge on any atom is -0.451 e. The number of carbonyl (C=O) groups is 1. The third kappa shape index (κ3) is 2.09. The van der Waals surface area contributed by atoms with E-state index < -0.39 is 0 Å². The van der Waals surface area contributed by atoms with Gasteiger partial charge in [0.25, 0.3) is 0 Å². The van der Waals surface area contributed by atoms with Gasteiger partial charge in [0, 0.05) is 17.9 Å². The topological polar surface area (TPSA) is 55.4 Å². The quantitative estimate of drug-likeness (QED) is 0.711. The lowest BCUT2D eigenvalue weighted by Gasteiger charge is -2.01.